The highest BCUT2D eigenvalue weighted by Gasteiger charge is 2.15. The number of methoxy groups -OCH3 is 1. The molecule has 0 aromatic heterocycles. The van der Waals surface area contributed by atoms with Gasteiger partial charge in [0.25, 0.3) is 11.8 Å². The molecule has 0 fully saturated rings. The number of nitrogens with one attached hydrogen (secondary N) is 2. The molecule has 0 saturated heterocycles. The SMILES string of the molecule is COCCCNC(=O)/C(=C/c1ccccc1F)NC(=O)c1ccccc1. The molecule has 2 aromatic rings. The fraction of sp³-hybridized carbons (Fsp3) is 0.200. The Bertz CT molecular complexity index is 776. The summed E-state index contributed by atoms with van der Waals surface area (Å²) >= 11 is 0. The average molecular weight is 356 g/mol. The fourth-order valence-corrected chi connectivity index (χ4v) is 2.20. The van der Waals surface area contributed by atoms with Crippen molar-refractivity contribution in [2.45, 2.75) is 6.42 Å². The predicted molar refractivity (Wildman–Crippen MR) is 97.8 cm³/mol. The average Bonchev–Trinajstić information content (AvgIpc) is 2.66. The van der Waals surface area contributed by atoms with Gasteiger partial charge in [0.1, 0.15) is 11.5 Å². The molecule has 0 spiro atoms. The summed E-state index contributed by atoms with van der Waals surface area (Å²) in [6.45, 7) is 0.880. The van der Waals surface area contributed by atoms with E-state index < -0.39 is 17.6 Å². The second-order valence-corrected chi connectivity index (χ2v) is 5.50. The predicted octanol–water partition coefficient (Wildman–Crippen LogP) is 2.75. The van der Waals surface area contributed by atoms with E-state index >= 15 is 0 Å². The monoisotopic (exact) mass is 356 g/mol. The van der Waals surface area contributed by atoms with Crippen LogP contribution in [0.2, 0.25) is 0 Å². The third kappa shape index (κ3) is 5.82. The lowest BCUT2D eigenvalue weighted by molar-refractivity contribution is -0.117. The first-order chi connectivity index (χ1) is 12.6. The normalized spacial score (nSPS) is 11.1. The first kappa shape index (κ1) is 19.3. The molecule has 0 atom stereocenters. The van der Waals surface area contributed by atoms with E-state index in [1.165, 1.54) is 18.2 Å². The molecule has 136 valence electrons. The number of amides is 2. The lowest BCUT2D eigenvalue weighted by atomic mass is 10.1. The van der Waals surface area contributed by atoms with Crippen LogP contribution in [-0.2, 0) is 9.53 Å². The summed E-state index contributed by atoms with van der Waals surface area (Å²) in [6, 6.07) is 14.5. The number of benzene rings is 2. The molecule has 2 amide bonds. The third-order valence-electron chi connectivity index (χ3n) is 3.54. The second-order valence-electron chi connectivity index (χ2n) is 5.50. The van der Waals surface area contributed by atoms with Crippen LogP contribution in [0.1, 0.15) is 22.3 Å². The van der Waals surface area contributed by atoms with Crippen LogP contribution in [-0.4, -0.2) is 32.1 Å². The summed E-state index contributed by atoms with van der Waals surface area (Å²) < 4.78 is 18.9. The molecule has 0 bridgehead atoms. The van der Waals surface area contributed by atoms with Crippen LogP contribution in [0, 0.1) is 5.82 Å². The van der Waals surface area contributed by atoms with E-state index in [4.69, 9.17) is 4.74 Å². The zero-order valence-electron chi connectivity index (χ0n) is 14.5. The Hall–Kier alpha value is -2.99. The van der Waals surface area contributed by atoms with Crippen LogP contribution < -0.4 is 10.6 Å². The molecule has 5 nitrogen and oxygen atoms in total. The summed E-state index contributed by atoms with van der Waals surface area (Å²) in [5.41, 5.74) is 0.586. The number of carbonyl (C=O) groups excluding carboxylic acids is 2. The van der Waals surface area contributed by atoms with E-state index in [1.54, 1.807) is 49.6 Å². The Morgan fingerprint density at radius 3 is 2.46 bits per heavy atom. The molecular formula is C20H21FN2O3. The van der Waals surface area contributed by atoms with Crippen LogP contribution >= 0.6 is 0 Å². The van der Waals surface area contributed by atoms with Gasteiger partial charge < -0.3 is 15.4 Å². The minimum absolute atomic E-state index is 0.0265. The van der Waals surface area contributed by atoms with Crippen LogP contribution in [0.25, 0.3) is 6.08 Å². The van der Waals surface area contributed by atoms with Gasteiger partial charge in [0.15, 0.2) is 0 Å². The Morgan fingerprint density at radius 1 is 1.08 bits per heavy atom. The number of hydrogen-bond donors (Lipinski definition) is 2. The minimum atomic E-state index is -0.492. The molecule has 0 aliphatic rings. The molecule has 26 heavy (non-hydrogen) atoms. The van der Waals surface area contributed by atoms with E-state index in [0.29, 0.717) is 25.1 Å². The van der Waals surface area contributed by atoms with Gasteiger partial charge in [-0.3, -0.25) is 9.59 Å². The maximum atomic E-state index is 13.9. The molecule has 0 unspecified atom stereocenters. The fourth-order valence-electron chi connectivity index (χ4n) is 2.20. The van der Waals surface area contributed by atoms with Gasteiger partial charge in [-0.05, 0) is 30.7 Å². The van der Waals surface area contributed by atoms with Crippen molar-refractivity contribution >= 4 is 17.9 Å². The van der Waals surface area contributed by atoms with E-state index in [-0.39, 0.29) is 11.3 Å². The summed E-state index contributed by atoms with van der Waals surface area (Å²) in [5, 5.41) is 5.25. The van der Waals surface area contributed by atoms with Crippen molar-refractivity contribution in [3.63, 3.8) is 0 Å². The number of ether oxygens (including phenoxy) is 1. The van der Waals surface area contributed by atoms with Crippen molar-refractivity contribution in [3.8, 4) is 0 Å². The van der Waals surface area contributed by atoms with Gasteiger partial charge in [0.05, 0.1) is 0 Å². The van der Waals surface area contributed by atoms with Crippen molar-refractivity contribution in [3.05, 3.63) is 77.2 Å². The minimum Gasteiger partial charge on any atom is -0.385 e. The number of hydrogen-bond acceptors (Lipinski definition) is 3. The second kappa shape index (κ2) is 10.1. The largest absolute Gasteiger partial charge is 0.385 e. The van der Waals surface area contributed by atoms with Crippen LogP contribution in [0.5, 0.6) is 0 Å². The highest BCUT2D eigenvalue weighted by atomic mass is 19.1. The molecule has 0 saturated carbocycles. The van der Waals surface area contributed by atoms with Crippen molar-refractivity contribution in [2.24, 2.45) is 0 Å². The van der Waals surface area contributed by atoms with Gasteiger partial charge in [-0.25, -0.2) is 4.39 Å². The standard InChI is InChI=1S/C20H21FN2O3/c1-26-13-7-12-22-20(25)18(14-16-10-5-6-11-17(16)21)23-19(24)15-8-3-2-4-9-15/h2-6,8-11,14H,7,12-13H2,1H3,(H,22,25)(H,23,24)/b18-14-. The van der Waals surface area contributed by atoms with Gasteiger partial charge in [-0.1, -0.05) is 36.4 Å². The number of rotatable bonds is 8. The Morgan fingerprint density at radius 2 is 1.77 bits per heavy atom. The lowest BCUT2D eigenvalue weighted by Crippen LogP contribution is -2.35. The van der Waals surface area contributed by atoms with Crippen molar-refractivity contribution in [2.75, 3.05) is 20.3 Å². The quantitative estimate of drug-likeness (QED) is 0.565. The third-order valence-corrected chi connectivity index (χ3v) is 3.54. The molecule has 6 heteroatoms. The first-order valence-corrected chi connectivity index (χ1v) is 8.21. The maximum absolute atomic E-state index is 13.9. The molecule has 2 aromatic carbocycles. The maximum Gasteiger partial charge on any atom is 0.267 e. The summed E-state index contributed by atoms with van der Waals surface area (Å²) in [6.07, 6.45) is 1.95. The Kier molecular flexibility index (Phi) is 7.51. The molecule has 0 radical (unpaired) electrons. The molecular weight excluding hydrogens is 335 g/mol. The van der Waals surface area contributed by atoms with E-state index in [0.717, 1.165) is 0 Å². The molecule has 2 rings (SSSR count). The molecule has 0 aliphatic carbocycles. The smallest absolute Gasteiger partial charge is 0.267 e. The van der Waals surface area contributed by atoms with Crippen molar-refractivity contribution in [1.82, 2.24) is 10.6 Å². The summed E-state index contributed by atoms with van der Waals surface area (Å²) in [5.74, 6) is -1.42. The van der Waals surface area contributed by atoms with Gasteiger partial charge in [0, 0.05) is 31.4 Å². The highest BCUT2D eigenvalue weighted by Crippen LogP contribution is 2.11. The summed E-state index contributed by atoms with van der Waals surface area (Å²) in [7, 11) is 1.57. The van der Waals surface area contributed by atoms with Gasteiger partial charge in [-0.2, -0.15) is 0 Å². The topological polar surface area (TPSA) is 67.4 Å². The van der Waals surface area contributed by atoms with E-state index in [1.807, 2.05) is 0 Å². The highest BCUT2D eigenvalue weighted by molar-refractivity contribution is 6.05. The van der Waals surface area contributed by atoms with E-state index in [9.17, 15) is 14.0 Å². The van der Waals surface area contributed by atoms with Gasteiger partial charge in [0.2, 0.25) is 0 Å². The lowest BCUT2D eigenvalue weighted by Gasteiger charge is -2.11. The zero-order chi connectivity index (χ0) is 18.8. The van der Waals surface area contributed by atoms with E-state index in [2.05, 4.69) is 10.6 Å². The van der Waals surface area contributed by atoms with Crippen molar-refractivity contribution < 1.29 is 18.7 Å². The van der Waals surface area contributed by atoms with Gasteiger partial charge in [-0.15, -0.1) is 0 Å². The summed E-state index contributed by atoms with van der Waals surface area (Å²) in [4.78, 5) is 24.8. The number of halogens is 1. The van der Waals surface area contributed by atoms with Crippen LogP contribution in [0.15, 0.2) is 60.3 Å². The molecule has 0 aliphatic heterocycles. The zero-order valence-corrected chi connectivity index (χ0v) is 14.5. The van der Waals surface area contributed by atoms with Crippen LogP contribution in [0.3, 0.4) is 0 Å². The Balaban J connectivity index is 2.19. The Labute approximate surface area is 151 Å². The van der Waals surface area contributed by atoms with Gasteiger partial charge >= 0.3 is 0 Å². The number of carbonyl (C=O) groups is 2. The molecule has 0 heterocycles. The molecule has 2 N–H and O–H groups in total. The first-order valence-electron chi connectivity index (χ1n) is 8.21. The van der Waals surface area contributed by atoms with Crippen LogP contribution in [0.4, 0.5) is 4.39 Å². The van der Waals surface area contributed by atoms with Crippen molar-refractivity contribution in [1.29, 1.82) is 0 Å².